The van der Waals surface area contributed by atoms with E-state index in [0.29, 0.717) is 0 Å². The highest BCUT2D eigenvalue weighted by molar-refractivity contribution is 7.09. The van der Waals surface area contributed by atoms with Gasteiger partial charge in [0.05, 0.1) is 22.1 Å². The van der Waals surface area contributed by atoms with Crippen LogP contribution in [0.3, 0.4) is 0 Å². The maximum absolute atomic E-state index is 5.69. The Morgan fingerprint density at radius 1 is 1.18 bits per heavy atom. The number of rotatable bonds is 3. The maximum atomic E-state index is 5.69. The normalized spacial score (nSPS) is 12.7. The molecular weight excluding hydrogens is 230 g/mol. The van der Waals surface area contributed by atoms with Gasteiger partial charge in [0.25, 0.3) is 0 Å². The number of hydrogen-bond acceptors (Lipinski definition) is 4. The van der Waals surface area contributed by atoms with Gasteiger partial charge in [-0.05, 0) is 26.3 Å². The highest BCUT2D eigenvalue weighted by atomic mass is 32.1. The van der Waals surface area contributed by atoms with Crippen LogP contribution in [-0.2, 0) is 0 Å². The van der Waals surface area contributed by atoms with Crippen molar-refractivity contribution in [3.63, 3.8) is 0 Å². The van der Waals surface area contributed by atoms with Crippen molar-refractivity contribution in [1.82, 2.24) is 10.4 Å². The molecule has 0 radical (unpaired) electrons. The Kier molecular flexibility index (Phi) is 3.57. The van der Waals surface area contributed by atoms with Crippen molar-refractivity contribution in [3.05, 3.63) is 51.0 Å². The highest BCUT2D eigenvalue weighted by Crippen LogP contribution is 2.28. The fourth-order valence-electron chi connectivity index (χ4n) is 2.09. The molecule has 3 nitrogen and oxygen atoms in total. The Labute approximate surface area is 106 Å². The maximum Gasteiger partial charge on any atom is 0.0821 e. The van der Waals surface area contributed by atoms with E-state index in [1.54, 1.807) is 11.3 Å². The first kappa shape index (κ1) is 12.2. The van der Waals surface area contributed by atoms with Crippen molar-refractivity contribution in [2.45, 2.75) is 26.8 Å². The number of benzene rings is 1. The van der Waals surface area contributed by atoms with E-state index in [4.69, 9.17) is 5.84 Å². The molecule has 2 aromatic rings. The van der Waals surface area contributed by atoms with Gasteiger partial charge in [-0.1, -0.05) is 29.3 Å². The minimum absolute atomic E-state index is 0.0288. The van der Waals surface area contributed by atoms with Gasteiger partial charge in [0.1, 0.15) is 0 Å². The van der Waals surface area contributed by atoms with Gasteiger partial charge in [-0.25, -0.2) is 10.4 Å². The Balaban J connectivity index is 2.45. The molecule has 0 bridgehead atoms. The van der Waals surface area contributed by atoms with E-state index in [9.17, 15) is 0 Å². The summed E-state index contributed by atoms with van der Waals surface area (Å²) in [6.07, 6.45) is 0. The topological polar surface area (TPSA) is 50.9 Å². The Morgan fingerprint density at radius 3 is 2.29 bits per heavy atom. The van der Waals surface area contributed by atoms with Crippen LogP contribution in [0.5, 0.6) is 0 Å². The third-order valence-electron chi connectivity index (χ3n) is 2.79. The lowest BCUT2D eigenvalue weighted by Crippen LogP contribution is -2.28. The lowest BCUT2D eigenvalue weighted by Gasteiger charge is -2.16. The minimum atomic E-state index is 0.0288. The van der Waals surface area contributed by atoms with Gasteiger partial charge >= 0.3 is 0 Å². The van der Waals surface area contributed by atoms with E-state index in [2.05, 4.69) is 42.5 Å². The molecule has 0 spiro atoms. The number of nitrogens with two attached hydrogens (primary N) is 1. The smallest absolute Gasteiger partial charge is 0.0821 e. The molecule has 90 valence electrons. The number of nitrogens with one attached hydrogen (secondary N) is 1. The quantitative estimate of drug-likeness (QED) is 0.647. The average Bonchev–Trinajstić information content (AvgIpc) is 2.65. The van der Waals surface area contributed by atoms with Crippen LogP contribution in [0.4, 0.5) is 0 Å². The summed E-state index contributed by atoms with van der Waals surface area (Å²) in [5.41, 5.74) is 9.48. The van der Waals surface area contributed by atoms with Crippen molar-refractivity contribution in [3.8, 4) is 0 Å². The number of nitrogens with zero attached hydrogens (tertiary/aromatic N) is 1. The number of hydrogen-bond donors (Lipinski definition) is 2. The summed E-state index contributed by atoms with van der Waals surface area (Å²) in [5, 5.41) is 0. The van der Waals surface area contributed by atoms with Crippen molar-refractivity contribution in [2.75, 3.05) is 0 Å². The molecule has 0 saturated carbocycles. The van der Waals surface area contributed by atoms with Crippen LogP contribution < -0.4 is 11.3 Å². The molecule has 2 rings (SSSR count). The monoisotopic (exact) mass is 247 g/mol. The SMILES string of the molecule is Cc1cc(C)cc(C(NN)c2scnc2C)c1. The molecule has 0 fully saturated rings. The standard InChI is InChI=1S/C13H17N3S/c1-8-4-9(2)6-11(5-8)12(16-14)13-10(3)15-7-17-13/h4-7,12,16H,14H2,1-3H3. The van der Waals surface area contributed by atoms with Crippen LogP contribution in [-0.4, -0.2) is 4.98 Å². The lowest BCUT2D eigenvalue weighted by atomic mass is 10.00. The molecule has 4 heteroatoms. The van der Waals surface area contributed by atoms with Crippen LogP contribution in [0.1, 0.15) is 33.3 Å². The molecular formula is C13H17N3S. The minimum Gasteiger partial charge on any atom is -0.271 e. The Hall–Kier alpha value is -1.23. The Bertz CT molecular complexity index is 499. The van der Waals surface area contributed by atoms with Gasteiger partial charge in [-0.15, -0.1) is 11.3 Å². The largest absolute Gasteiger partial charge is 0.271 e. The molecule has 1 aromatic carbocycles. The van der Waals surface area contributed by atoms with Crippen molar-refractivity contribution < 1.29 is 0 Å². The summed E-state index contributed by atoms with van der Waals surface area (Å²) >= 11 is 1.64. The second-order valence-electron chi connectivity index (χ2n) is 4.32. The van der Waals surface area contributed by atoms with Crippen molar-refractivity contribution in [1.29, 1.82) is 0 Å². The molecule has 1 unspecified atom stereocenters. The summed E-state index contributed by atoms with van der Waals surface area (Å²) in [5.74, 6) is 5.69. The summed E-state index contributed by atoms with van der Waals surface area (Å²) < 4.78 is 0. The van der Waals surface area contributed by atoms with Crippen molar-refractivity contribution in [2.24, 2.45) is 5.84 Å². The number of hydrazine groups is 1. The van der Waals surface area contributed by atoms with Gasteiger partial charge in [-0.3, -0.25) is 5.84 Å². The zero-order valence-electron chi connectivity index (χ0n) is 10.3. The molecule has 0 saturated heterocycles. The third-order valence-corrected chi connectivity index (χ3v) is 3.78. The molecule has 0 amide bonds. The zero-order valence-corrected chi connectivity index (χ0v) is 11.1. The molecule has 0 aliphatic heterocycles. The van der Waals surface area contributed by atoms with E-state index in [0.717, 1.165) is 5.69 Å². The van der Waals surface area contributed by atoms with Gasteiger partial charge in [0, 0.05) is 0 Å². The first-order valence-electron chi connectivity index (χ1n) is 5.56. The lowest BCUT2D eigenvalue weighted by molar-refractivity contribution is 0.641. The average molecular weight is 247 g/mol. The fourth-order valence-corrected chi connectivity index (χ4v) is 2.98. The van der Waals surface area contributed by atoms with E-state index in [-0.39, 0.29) is 6.04 Å². The van der Waals surface area contributed by atoms with Crippen LogP contribution in [0.2, 0.25) is 0 Å². The van der Waals surface area contributed by atoms with E-state index in [1.807, 2.05) is 12.4 Å². The van der Waals surface area contributed by atoms with Crippen LogP contribution in [0, 0.1) is 20.8 Å². The van der Waals surface area contributed by atoms with Gasteiger partial charge in [-0.2, -0.15) is 0 Å². The number of aromatic nitrogens is 1. The molecule has 0 aliphatic rings. The highest BCUT2D eigenvalue weighted by Gasteiger charge is 2.17. The predicted molar refractivity (Wildman–Crippen MR) is 71.9 cm³/mol. The summed E-state index contributed by atoms with van der Waals surface area (Å²) in [7, 11) is 0. The van der Waals surface area contributed by atoms with E-state index in [1.165, 1.54) is 21.6 Å². The summed E-state index contributed by atoms with van der Waals surface area (Å²) in [6, 6.07) is 6.52. The predicted octanol–water partition coefficient (Wildman–Crippen LogP) is 2.62. The second kappa shape index (κ2) is 4.96. The van der Waals surface area contributed by atoms with Gasteiger partial charge in [0.2, 0.25) is 0 Å². The number of thiazole rings is 1. The first-order chi connectivity index (χ1) is 8.11. The van der Waals surface area contributed by atoms with E-state index < -0.39 is 0 Å². The third kappa shape index (κ3) is 2.54. The zero-order chi connectivity index (χ0) is 12.4. The molecule has 3 N–H and O–H groups in total. The molecule has 1 atom stereocenters. The fraction of sp³-hybridized carbons (Fsp3) is 0.308. The van der Waals surface area contributed by atoms with Crippen LogP contribution >= 0.6 is 11.3 Å². The van der Waals surface area contributed by atoms with Crippen molar-refractivity contribution >= 4 is 11.3 Å². The van der Waals surface area contributed by atoms with Gasteiger partial charge in [0.15, 0.2) is 0 Å². The van der Waals surface area contributed by atoms with Gasteiger partial charge < -0.3 is 0 Å². The van der Waals surface area contributed by atoms with E-state index >= 15 is 0 Å². The Morgan fingerprint density at radius 2 is 1.82 bits per heavy atom. The molecule has 1 heterocycles. The second-order valence-corrected chi connectivity index (χ2v) is 5.21. The number of aryl methyl sites for hydroxylation is 3. The molecule has 17 heavy (non-hydrogen) atoms. The summed E-state index contributed by atoms with van der Waals surface area (Å²) in [6.45, 7) is 6.21. The molecule has 1 aromatic heterocycles. The summed E-state index contributed by atoms with van der Waals surface area (Å²) in [4.78, 5) is 5.46. The van der Waals surface area contributed by atoms with Crippen LogP contribution in [0.15, 0.2) is 23.7 Å². The molecule has 0 aliphatic carbocycles. The van der Waals surface area contributed by atoms with Crippen LogP contribution in [0.25, 0.3) is 0 Å². The first-order valence-corrected chi connectivity index (χ1v) is 6.44.